The average Bonchev–Trinajstić information content (AvgIpc) is 2.19. The highest BCUT2D eigenvalue weighted by Gasteiger charge is 1.98. The van der Waals surface area contributed by atoms with Gasteiger partial charge >= 0.3 is 0 Å². The predicted molar refractivity (Wildman–Crippen MR) is 54.3 cm³/mol. The van der Waals surface area contributed by atoms with Crippen LogP contribution in [-0.2, 0) is 13.2 Å². The second-order valence-electron chi connectivity index (χ2n) is 3.31. The first-order chi connectivity index (χ1) is 6.76. The summed E-state index contributed by atoms with van der Waals surface area (Å²) in [6.07, 6.45) is 0. The molecule has 0 saturated carbocycles. The van der Waals surface area contributed by atoms with Crippen molar-refractivity contribution in [2.24, 2.45) is 0 Å². The van der Waals surface area contributed by atoms with Gasteiger partial charge in [-0.05, 0) is 18.2 Å². The predicted octanol–water partition coefficient (Wildman–Crippen LogP) is 1.13. The van der Waals surface area contributed by atoms with Crippen LogP contribution >= 0.6 is 0 Å². The van der Waals surface area contributed by atoms with E-state index in [1.807, 2.05) is 36.2 Å². The summed E-state index contributed by atoms with van der Waals surface area (Å²) < 4.78 is 0. The number of aliphatic hydroxyl groups is 1. The van der Waals surface area contributed by atoms with Crippen LogP contribution in [0.4, 0.5) is 0 Å². The first-order valence-corrected chi connectivity index (χ1v) is 4.50. The summed E-state index contributed by atoms with van der Waals surface area (Å²) in [5.41, 5.74) is 2.07. The van der Waals surface area contributed by atoms with E-state index >= 15 is 0 Å². The Hall–Kier alpha value is -1.37. The Morgan fingerprint density at radius 2 is 1.86 bits per heavy atom. The summed E-state index contributed by atoms with van der Waals surface area (Å²) in [5, 5.41) is 17.3. The minimum Gasteiger partial charge on any atom is -0.392 e. The zero-order valence-electron chi connectivity index (χ0n) is 8.27. The minimum atomic E-state index is 0.0777. The summed E-state index contributed by atoms with van der Waals surface area (Å²) in [4.78, 5) is 1.94. The number of rotatable bonds is 4. The Balaban J connectivity index is 2.56. The molecular weight excluding hydrogens is 176 g/mol. The molecule has 1 aromatic carbocycles. The summed E-state index contributed by atoms with van der Waals surface area (Å²) >= 11 is 0. The maximum atomic E-state index is 8.84. The van der Waals surface area contributed by atoms with E-state index in [1.54, 1.807) is 0 Å². The molecule has 74 valence electrons. The fourth-order valence-electron chi connectivity index (χ4n) is 1.24. The van der Waals surface area contributed by atoms with Crippen molar-refractivity contribution in [2.45, 2.75) is 13.2 Å². The lowest BCUT2D eigenvalue weighted by Crippen LogP contribution is -2.17. The van der Waals surface area contributed by atoms with Crippen LogP contribution < -0.4 is 0 Å². The number of aliphatic hydroxyl groups excluding tert-OH is 1. The van der Waals surface area contributed by atoms with Gasteiger partial charge in [0.2, 0.25) is 0 Å². The third-order valence-electron chi connectivity index (χ3n) is 2.00. The fraction of sp³-hybridized carbons (Fsp3) is 0.364. The molecule has 1 N–H and O–H groups in total. The molecule has 1 rings (SSSR count). The highest BCUT2D eigenvalue weighted by molar-refractivity contribution is 5.21. The Morgan fingerprint density at radius 1 is 1.29 bits per heavy atom. The average molecular weight is 190 g/mol. The maximum absolute atomic E-state index is 8.84. The number of benzene rings is 1. The van der Waals surface area contributed by atoms with Crippen LogP contribution in [-0.4, -0.2) is 23.6 Å². The monoisotopic (exact) mass is 190 g/mol. The van der Waals surface area contributed by atoms with Crippen LogP contribution in [0, 0.1) is 11.3 Å². The zero-order chi connectivity index (χ0) is 10.4. The van der Waals surface area contributed by atoms with Crippen molar-refractivity contribution in [3.8, 4) is 6.07 Å². The number of hydrogen-bond acceptors (Lipinski definition) is 3. The van der Waals surface area contributed by atoms with Crippen LogP contribution in [0.5, 0.6) is 0 Å². The molecule has 0 unspecified atom stereocenters. The molecule has 1 aromatic rings. The Morgan fingerprint density at radius 3 is 2.36 bits per heavy atom. The van der Waals surface area contributed by atoms with Crippen molar-refractivity contribution in [1.29, 1.82) is 5.26 Å². The molecule has 3 heteroatoms. The van der Waals surface area contributed by atoms with Crippen LogP contribution in [0.1, 0.15) is 11.1 Å². The van der Waals surface area contributed by atoms with Gasteiger partial charge in [0, 0.05) is 6.54 Å². The lowest BCUT2D eigenvalue weighted by atomic mass is 10.1. The first kappa shape index (κ1) is 10.7. The normalized spacial score (nSPS) is 10.1. The van der Waals surface area contributed by atoms with Crippen LogP contribution in [0.2, 0.25) is 0 Å². The second-order valence-corrected chi connectivity index (χ2v) is 3.31. The summed E-state index contributed by atoms with van der Waals surface area (Å²) in [6, 6.07) is 9.84. The van der Waals surface area contributed by atoms with Crippen LogP contribution in [0.25, 0.3) is 0 Å². The highest BCUT2D eigenvalue weighted by Crippen LogP contribution is 2.06. The molecule has 0 aliphatic carbocycles. The van der Waals surface area contributed by atoms with Gasteiger partial charge in [0.05, 0.1) is 19.2 Å². The van der Waals surface area contributed by atoms with Gasteiger partial charge in [0.15, 0.2) is 0 Å². The van der Waals surface area contributed by atoms with Crippen molar-refractivity contribution in [3.63, 3.8) is 0 Å². The van der Waals surface area contributed by atoms with Crippen molar-refractivity contribution in [2.75, 3.05) is 13.6 Å². The number of nitriles is 1. The molecular formula is C11H14N2O. The first-order valence-electron chi connectivity index (χ1n) is 4.50. The quantitative estimate of drug-likeness (QED) is 0.724. The largest absolute Gasteiger partial charge is 0.392 e. The molecule has 0 atom stereocenters. The molecule has 0 aliphatic rings. The molecule has 3 nitrogen and oxygen atoms in total. The smallest absolute Gasteiger partial charge is 0.0866 e. The molecule has 0 heterocycles. The van der Waals surface area contributed by atoms with Crippen molar-refractivity contribution in [3.05, 3.63) is 35.4 Å². The van der Waals surface area contributed by atoms with E-state index in [-0.39, 0.29) is 6.61 Å². The van der Waals surface area contributed by atoms with E-state index in [0.29, 0.717) is 6.54 Å². The molecule has 0 fully saturated rings. The van der Waals surface area contributed by atoms with Gasteiger partial charge in [0.1, 0.15) is 0 Å². The Bertz CT molecular complexity index is 313. The zero-order valence-corrected chi connectivity index (χ0v) is 8.27. The molecule has 0 saturated heterocycles. The second kappa shape index (κ2) is 5.38. The van der Waals surface area contributed by atoms with E-state index < -0.39 is 0 Å². The van der Waals surface area contributed by atoms with Crippen molar-refractivity contribution in [1.82, 2.24) is 4.90 Å². The molecule has 0 aromatic heterocycles. The summed E-state index contributed by atoms with van der Waals surface area (Å²) in [5.74, 6) is 0. The SMILES string of the molecule is CN(CC#N)Cc1ccc(CO)cc1. The molecule has 0 bridgehead atoms. The van der Waals surface area contributed by atoms with Gasteiger partial charge in [-0.1, -0.05) is 24.3 Å². The number of hydrogen-bond donors (Lipinski definition) is 1. The Labute approximate surface area is 84.2 Å². The highest BCUT2D eigenvalue weighted by atomic mass is 16.3. The minimum absolute atomic E-state index is 0.0777. The van der Waals surface area contributed by atoms with Gasteiger partial charge in [-0.15, -0.1) is 0 Å². The van der Waals surface area contributed by atoms with Gasteiger partial charge < -0.3 is 5.11 Å². The topological polar surface area (TPSA) is 47.3 Å². The van der Waals surface area contributed by atoms with Crippen LogP contribution in [0.3, 0.4) is 0 Å². The standard InChI is InChI=1S/C11H14N2O/c1-13(7-6-12)8-10-2-4-11(9-14)5-3-10/h2-5,14H,7-9H2,1H3. The van der Waals surface area contributed by atoms with E-state index in [9.17, 15) is 0 Å². The fourth-order valence-corrected chi connectivity index (χ4v) is 1.24. The molecule has 0 radical (unpaired) electrons. The van der Waals surface area contributed by atoms with E-state index in [0.717, 1.165) is 17.7 Å². The molecule has 0 aliphatic heterocycles. The third-order valence-corrected chi connectivity index (χ3v) is 2.00. The third kappa shape index (κ3) is 3.17. The van der Waals surface area contributed by atoms with Crippen molar-refractivity contribution < 1.29 is 5.11 Å². The molecule has 14 heavy (non-hydrogen) atoms. The number of nitrogens with zero attached hydrogens (tertiary/aromatic N) is 2. The van der Waals surface area contributed by atoms with Gasteiger partial charge in [0.25, 0.3) is 0 Å². The Kier molecular flexibility index (Phi) is 4.11. The van der Waals surface area contributed by atoms with Crippen LogP contribution in [0.15, 0.2) is 24.3 Å². The van der Waals surface area contributed by atoms with Gasteiger partial charge in [-0.25, -0.2) is 0 Å². The van der Waals surface area contributed by atoms with Crippen molar-refractivity contribution >= 4 is 0 Å². The van der Waals surface area contributed by atoms with Gasteiger partial charge in [-0.3, -0.25) is 4.90 Å². The van der Waals surface area contributed by atoms with E-state index in [2.05, 4.69) is 6.07 Å². The van der Waals surface area contributed by atoms with E-state index in [4.69, 9.17) is 10.4 Å². The molecule has 0 amide bonds. The molecule has 0 spiro atoms. The maximum Gasteiger partial charge on any atom is 0.0866 e. The van der Waals surface area contributed by atoms with Gasteiger partial charge in [-0.2, -0.15) is 5.26 Å². The summed E-state index contributed by atoms with van der Waals surface area (Å²) in [6.45, 7) is 1.27. The van der Waals surface area contributed by atoms with E-state index in [1.165, 1.54) is 0 Å². The summed E-state index contributed by atoms with van der Waals surface area (Å²) in [7, 11) is 1.91. The lowest BCUT2D eigenvalue weighted by Gasteiger charge is -2.12. The lowest BCUT2D eigenvalue weighted by molar-refractivity contribution is 0.281.